The molecule has 0 fully saturated rings. The summed E-state index contributed by atoms with van der Waals surface area (Å²) >= 11 is 0. The topological polar surface area (TPSA) is 51.1 Å². The smallest absolute Gasteiger partial charge is 0.211 e. The van der Waals surface area contributed by atoms with Gasteiger partial charge in [0.05, 0.1) is 5.75 Å². The molecule has 2 aromatic carbocycles. The Morgan fingerprint density at radius 1 is 1.00 bits per heavy atom. The molecule has 0 unspecified atom stereocenters. The van der Waals surface area contributed by atoms with Crippen molar-refractivity contribution in [3.05, 3.63) is 71.4 Å². The first-order valence-corrected chi connectivity index (χ1v) is 10.2. The van der Waals surface area contributed by atoms with Crippen LogP contribution in [-0.4, -0.2) is 18.7 Å². The van der Waals surface area contributed by atoms with Crippen LogP contribution < -0.4 is 4.72 Å². The Hall–Kier alpha value is -2.11. The van der Waals surface area contributed by atoms with E-state index in [1.54, 1.807) is 0 Å². The van der Waals surface area contributed by atoms with E-state index in [9.17, 15) is 8.42 Å². The van der Waals surface area contributed by atoms with Gasteiger partial charge in [-0.15, -0.1) is 0 Å². The molecule has 1 N–H and O–H groups in total. The van der Waals surface area contributed by atoms with Gasteiger partial charge >= 0.3 is 0 Å². The summed E-state index contributed by atoms with van der Waals surface area (Å²) in [6.45, 7) is 2.40. The van der Waals surface area contributed by atoms with Crippen LogP contribution in [0.3, 0.4) is 0 Å². The summed E-state index contributed by atoms with van der Waals surface area (Å²) in [4.78, 5) is 0. The van der Waals surface area contributed by atoms with Gasteiger partial charge in [-0.25, -0.2) is 13.1 Å². The van der Waals surface area contributed by atoms with Crippen LogP contribution >= 0.6 is 0 Å². The minimum Gasteiger partial charge on any atom is -0.348 e. The average molecular weight is 356 g/mol. The van der Waals surface area contributed by atoms with Crippen molar-refractivity contribution in [1.29, 1.82) is 0 Å². The van der Waals surface area contributed by atoms with Crippen molar-refractivity contribution in [1.82, 2.24) is 9.29 Å². The number of sulfonamides is 1. The molecule has 132 valence electrons. The zero-order chi connectivity index (χ0) is 17.9. The summed E-state index contributed by atoms with van der Waals surface area (Å²) in [6, 6.07) is 18.2. The Morgan fingerprint density at radius 3 is 2.52 bits per heavy atom. The first-order chi connectivity index (χ1) is 11.9. The maximum Gasteiger partial charge on any atom is 0.211 e. The highest BCUT2D eigenvalue weighted by Gasteiger charge is 2.10. The van der Waals surface area contributed by atoms with Crippen molar-refractivity contribution in [2.75, 3.05) is 5.75 Å². The highest BCUT2D eigenvalue weighted by molar-refractivity contribution is 7.89. The standard InChI is InChI=1S/C20H24N2O2S/c1-16-13-19-14-18(10-11-20(19)22(16)2)15-21-25(23,24)12-6-9-17-7-4-3-5-8-17/h3-5,7-8,10-11,13-14,21H,6,9,12,15H2,1-2H3. The van der Waals surface area contributed by atoms with Crippen LogP contribution in [0.25, 0.3) is 10.9 Å². The van der Waals surface area contributed by atoms with E-state index in [2.05, 4.69) is 28.3 Å². The molecule has 4 nitrogen and oxygen atoms in total. The molecule has 0 aliphatic rings. The monoisotopic (exact) mass is 356 g/mol. The molecule has 25 heavy (non-hydrogen) atoms. The number of hydrogen-bond acceptors (Lipinski definition) is 2. The minimum absolute atomic E-state index is 0.147. The fraction of sp³-hybridized carbons (Fsp3) is 0.300. The molecule has 5 heteroatoms. The number of rotatable bonds is 7. The molecule has 1 aromatic heterocycles. The lowest BCUT2D eigenvalue weighted by molar-refractivity contribution is 0.578. The van der Waals surface area contributed by atoms with E-state index in [-0.39, 0.29) is 5.75 Å². The van der Waals surface area contributed by atoms with Crippen LogP contribution in [0.5, 0.6) is 0 Å². The van der Waals surface area contributed by atoms with Crippen molar-refractivity contribution in [3.63, 3.8) is 0 Å². The molecule has 0 aliphatic carbocycles. The molecule has 0 bridgehead atoms. The molecule has 3 aromatic rings. The number of nitrogens with one attached hydrogen (secondary N) is 1. The molecule has 0 radical (unpaired) electrons. The normalized spacial score (nSPS) is 11.9. The molecular formula is C20H24N2O2S. The average Bonchev–Trinajstić information content (AvgIpc) is 2.88. The van der Waals surface area contributed by atoms with E-state index in [1.807, 2.05) is 49.5 Å². The molecule has 1 heterocycles. The van der Waals surface area contributed by atoms with Crippen molar-refractivity contribution < 1.29 is 8.42 Å². The Kier molecular flexibility index (Phi) is 5.25. The van der Waals surface area contributed by atoms with E-state index in [1.165, 1.54) is 11.3 Å². The molecule has 0 spiro atoms. The predicted octanol–water partition coefficient (Wildman–Crippen LogP) is 3.54. The second kappa shape index (κ2) is 7.42. The first-order valence-electron chi connectivity index (χ1n) is 8.51. The van der Waals surface area contributed by atoms with Gasteiger partial charge in [-0.2, -0.15) is 0 Å². The van der Waals surface area contributed by atoms with Crippen LogP contribution in [0.1, 0.15) is 23.2 Å². The maximum absolute atomic E-state index is 12.2. The lowest BCUT2D eigenvalue weighted by Gasteiger charge is -2.08. The molecular weight excluding hydrogens is 332 g/mol. The molecule has 0 atom stereocenters. The van der Waals surface area contributed by atoms with E-state index in [4.69, 9.17) is 0 Å². The van der Waals surface area contributed by atoms with E-state index < -0.39 is 10.0 Å². The van der Waals surface area contributed by atoms with Crippen molar-refractivity contribution in [2.24, 2.45) is 7.05 Å². The number of fused-ring (bicyclic) bond motifs is 1. The Labute approximate surface area is 149 Å². The highest BCUT2D eigenvalue weighted by atomic mass is 32.2. The fourth-order valence-corrected chi connectivity index (χ4v) is 4.08. The van der Waals surface area contributed by atoms with Crippen molar-refractivity contribution >= 4 is 20.9 Å². The molecule has 0 amide bonds. The van der Waals surface area contributed by atoms with Gasteiger partial charge < -0.3 is 4.57 Å². The largest absolute Gasteiger partial charge is 0.348 e. The van der Waals surface area contributed by atoms with Gasteiger partial charge in [0.2, 0.25) is 10.0 Å². The lowest BCUT2D eigenvalue weighted by atomic mass is 10.1. The van der Waals surface area contributed by atoms with Crippen LogP contribution in [0, 0.1) is 6.92 Å². The number of hydrogen-bond donors (Lipinski definition) is 1. The third-order valence-electron chi connectivity index (χ3n) is 4.56. The second-order valence-corrected chi connectivity index (χ2v) is 8.39. The van der Waals surface area contributed by atoms with Gasteiger partial charge in [0.25, 0.3) is 0 Å². The Balaban J connectivity index is 1.56. The number of benzene rings is 2. The van der Waals surface area contributed by atoms with Gasteiger partial charge in [-0.1, -0.05) is 36.4 Å². The molecule has 0 saturated heterocycles. The third kappa shape index (κ3) is 4.50. The number of aryl methyl sites for hydroxylation is 3. The zero-order valence-corrected chi connectivity index (χ0v) is 15.5. The second-order valence-electron chi connectivity index (χ2n) is 6.47. The summed E-state index contributed by atoms with van der Waals surface area (Å²) in [7, 11) is -1.23. The van der Waals surface area contributed by atoms with Crippen molar-refractivity contribution in [2.45, 2.75) is 26.3 Å². The first kappa shape index (κ1) is 17.7. The number of nitrogens with zero attached hydrogens (tertiary/aromatic N) is 1. The summed E-state index contributed by atoms with van der Waals surface area (Å²) in [5.41, 5.74) is 4.49. The van der Waals surface area contributed by atoms with E-state index >= 15 is 0 Å². The van der Waals surface area contributed by atoms with Crippen LogP contribution in [-0.2, 0) is 30.0 Å². The van der Waals surface area contributed by atoms with Gasteiger partial charge in [-0.05, 0) is 49.1 Å². The summed E-state index contributed by atoms with van der Waals surface area (Å²) in [5.74, 6) is 0.147. The summed E-state index contributed by atoms with van der Waals surface area (Å²) in [6.07, 6.45) is 1.40. The molecule has 0 saturated carbocycles. The number of aromatic nitrogens is 1. The summed E-state index contributed by atoms with van der Waals surface area (Å²) < 4.78 is 29.2. The van der Waals surface area contributed by atoms with Crippen molar-refractivity contribution in [3.8, 4) is 0 Å². The van der Waals surface area contributed by atoms with E-state index in [0.717, 1.165) is 22.9 Å². The lowest BCUT2D eigenvalue weighted by Crippen LogP contribution is -2.26. The van der Waals surface area contributed by atoms with Gasteiger partial charge in [-0.3, -0.25) is 0 Å². The third-order valence-corrected chi connectivity index (χ3v) is 5.97. The highest BCUT2D eigenvalue weighted by Crippen LogP contribution is 2.19. The quantitative estimate of drug-likeness (QED) is 0.704. The molecule has 0 aliphatic heterocycles. The SMILES string of the molecule is Cc1cc2cc(CNS(=O)(=O)CCCc3ccccc3)ccc2n1C. The van der Waals surface area contributed by atoms with E-state index in [0.29, 0.717) is 13.0 Å². The Morgan fingerprint density at radius 2 is 1.76 bits per heavy atom. The summed E-state index contributed by atoms with van der Waals surface area (Å²) in [5, 5.41) is 1.14. The minimum atomic E-state index is -3.26. The predicted molar refractivity (Wildman–Crippen MR) is 103 cm³/mol. The van der Waals surface area contributed by atoms with Crippen LogP contribution in [0.4, 0.5) is 0 Å². The van der Waals surface area contributed by atoms with Gasteiger partial charge in [0.15, 0.2) is 0 Å². The van der Waals surface area contributed by atoms with Crippen LogP contribution in [0.15, 0.2) is 54.6 Å². The van der Waals surface area contributed by atoms with Gasteiger partial charge in [0, 0.05) is 30.2 Å². The maximum atomic E-state index is 12.2. The molecule has 3 rings (SSSR count). The van der Waals surface area contributed by atoms with Gasteiger partial charge in [0.1, 0.15) is 0 Å². The Bertz CT molecular complexity index is 960. The fourth-order valence-electron chi connectivity index (χ4n) is 3.02. The zero-order valence-electron chi connectivity index (χ0n) is 14.7. The van der Waals surface area contributed by atoms with Crippen LogP contribution in [0.2, 0.25) is 0 Å².